The fourth-order valence-electron chi connectivity index (χ4n) is 1.96. The number of aryl methyl sites for hydroxylation is 1. The summed E-state index contributed by atoms with van der Waals surface area (Å²) in [5, 5.41) is 8.89. The van der Waals surface area contributed by atoms with Gasteiger partial charge in [0.2, 0.25) is 0 Å². The molecule has 0 fully saturated rings. The monoisotopic (exact) mass is 321 g/mol. The lowest BCUT2D eigenvalue weighted by atomic mass is 10.3. The van der Waals surface area contributed by atoms with Crippen LogP contribution < -0.4 is 15.5 Å². The fourth-order valence-corrected chi connectivity index (χ4v) is 1.96. The Balaban J connectivity index is 1.77. The lowest BCUT2D eigenvalue weighted by molar-refractivity contribution is -0.862. The molecule has 8 heteroatoms. The molecule has 23 heavy (non-hydrogen) atoms. The van der Waals surface area contributed by atoms with E-state index in [0.717, 1.165) is 0 Å². The molecule has 0 aliphatic rings. The second-order valence-electron chi connectivity index (χ2n) is 5.24. The Bertz CT molecular complexity index is 684. The van der Waals surface area contributed by atoms with Gasteiger partial charge in [0.1, 0.15) is 11.6 Å². The molecule has 7 nitrogen and oxygen atoms in total. The van der Waals surface area contributed by atoms with Crippen molar-refractivity contribution >= 4 is 23.3 Å². The maximum atomic E-state index is 12.8. The quantitative estimate of drug-likeness (QED) is 0.710. The van der Waals surface area contributed by atoms with Gasteiger partial charge < -0.3 is 20.1 Å². The Labute approximate surface area is 132 Å². The summed E-state index contributed by atoms with van der Waals surface area (Å²) in [7, 11) is 1.72. The van der Waals surface area contributed by atoms with Gasteiger partial charge in [0.15, 0.2) is 18.9 Å². The van der Waals surface area contributed by atoms with Crippen LogP contribution in [0.15, 0.2) is 34.9 Å². The average Bonchev–Trinajstić information content (AvgIpc) is 2.86. The zero-order valence-electron chi connectivity index (χ0n) is 12.9. The minimum absolute atomic E-state index is 0.0998. The SMILES string of the molecule is Cc1cc(NC(=O)C[NH+](C)CC(=O)Nc2ccc(F)cc2)no1. The molecule has 0 bridgehead atoms. The summed E-state index contributed by atoms with van der Waals surface area (Å²) in [6, 6.07) is 7.08. The van der Waals surface area contributed by atoms with Gasteiger partial charge in [-0.2, -0.15) is 0 Å². The van der Waals surface area contributed by atoms with Crippen LogP contribution in [-0.4, -0.2) is 37.1 Å². The molecule has 0 spiro atoms. The van der Waals surface area contributed by atoms with Crippen LogP contribution in [0.3, 0.4) is 0 Å². The van der Waals surface area contributed by atoms with Crippen LogP contribution in [0.1, 0.15) is 5.76 Å². The summed E-state index contributed by atoms with van der Waals surface area (Å²) < 4.78 is 17.6. The van der Waals surface area contributed by atoms with Gasteiger partial charge in [-0.3, -0.25) is 9.59 Å². The van der Waals surface area contributed by atoms with Gasteiger partial charge in [0.25, 0.3) is 11.8 Å². The van der Waals surface area contributed by atoms with Crippen LogP contribution >= 0.6 is 0 Å². The molecule has 1 unspecified atom stereocenters. The van der Waals surface area contributed by atoms with Crippen molar-refractivity contribution in [1.29, 1.82) is 0 Å². The Kier molecular flexibility index (Phi) is 5.42. The molecule has 2 amide bonds. The number of amides is 2. The molecule has 122 valence electrons. The summed E-state index contributed by atoms with van der Waals surface area (Å²) in [6.07, 6.45) is 0. The molecular weight excluding hydrogens is 303 g/mol. The van der Waals surface area contributed by atoms with Crippen molar-refractivity contribution in [2.75, 3.05) is 30.8 Å². The highest BCUT2D eigenvalue weighted by Gasteiger charge is 2.15. The molecule has 2 rings (SSSR count). The van der Waals surface area contributed by atoms with Crippen LogP contribution in [0, 0.1) is 12.7 Å². The number of hydrogen-bond acceptors (Lipinski definition) is 4. The standard InChI is InChI=1S/C15H17FN4O3/c1-10-7-13(19-23-10)18-15(22)9-20(2)8-14(21)17-12-5-3-11(16)4-6-12/h3-7H,8-9H2,1-2H3,(H,17,21)(H,18,19,22)/p+1. The minimum Gasteiger partial charge on any atom is -0.360 e. The fraction of sp³-hybridized carbons (Fsp3) is 0.267. The predicted octanol–water partition coefficient (Wildman–Crippen LogP) is 0.214. The van der Waals surface area contributed by atoms with Crippen LogP contribution in [0.4, 0.5) is 15.9 Å². The number of rotatable bonds is 6. The Morgan fingerprint density at radius 1 is 1.17 bits per heavy atom. The average molecular weight is 321 g/mol. The molecule has 0 radical (unpaired) electrons. The topological polar surface area (TPSA) is 88.7 Å². The van der Waals surface area contributed by atoms with Crippen molar-refractivity contribution < 1.29 is 23.4 Å². The summed E-state index contributed by atoms with van der Waals surface area (Å²) in [4.78, 5) is 24.4. The molecule has 0 saturated heterocycles. The first-order chi connectivity index (χ1) is 10.9. The number of aromatic nitrogens is 1. The van der Waals surface area contributed by atoms with E-state index in [0.29, 0.717) is 22.2 Å². The molecule has 1 heterocycles. The van der Waals surface area contributed by atoms with E-state index in [9.17, 15) is 14.0 Å². The number of nitrogens with one attached hydrogen (secondary N) is 3. The first-order valence-corrected chi connectivity index (χ1v) is 7.02. The first-order valence-electron chi connectivity index (χ1n) is 7.02. The number of likely N-dealkylation sites (N-methyl/N-ethyl adjacent to an activating group) is 1. The lowest BCUT2D eigenvalue weighted by Crippen LogP contribution is -3.11. The van der Waals surface area contributed by atoms with E-state index in [2.05, 4.69) is 15.8 Å². The Morgan fingerprint density at radius 3 is 2.35 bits per heavy atom. The third-order valence-electron chi connectivity index (χ3n) is 2.95. The van der Waals surface area contributed by atoms with Gasteiger partial charge in [-0.25, -0.2) is 4.39 Å². The zero-order chi connectivity index (χ0) is 16.8. The number of quaternary nitrogens is 1. The number of halogens is 1. The van der Waals surface area contributed by atoms with Gasteiger partial charge >= 0.3 is 0 Å². The highest BCUT2D eigenvalue weighted by atomic mass is 19.1. The van der Waals surface area contributed by atoms with Crippen molar-refractivity contribution in [2.24, 2.45) is 0 Å². The van der Waals surface area contributed by atoms with Gasteiger partial charge in [0.05, 0.1) is 7.05 Å². The van der Waals surface area contributed by atoms with E-state index in [-0.39, 0.29) is 30.7 Å². The molecule has 1 aromatic carbocycles. The number of anilines is 2. The smallest absolute Gasteiger partial charge is 0.280 e. The molecule has 1 atom stereocenters. The van der Waals surface area contributed by atoms with E-state index in [4.69, 9.17) is 4.52 Å². The highest BCUT2D eigenvalue weighted by molar-refractivity contribution is 5.92. The number of carbonyl (C=O) groups is 2. The normalized spacial score (nSPS) is 11.8. The van der Waals surface area contributed by atoms with E-state index in [1.807, 2.05) is 0 Å². The molecule has 0 aliphatic carbocycles. The third-order valence-corrected chi connectivity index (χ3v) is 2.95. The van der Waals surface area contributed by atoms with Crippen molar-refractivity contribution in [3.05, 3.63) is 41.9 Å². The van der Waals surface area contributed by atoms with E-state index < -0.39 is 0 Å². The number of carbonyl (C=O) groups excluding carboxylic acids is 2. The number of benzene rings is 1. The third kappa shape index (κ3) is 5.51. The Morgan fingerprint density at radius 2 is 1.78 bits per heavy atom. The maximum absolute atomic E-state index is 12.8. The van der Waals surface area contributed by atoms with E-state index in [1.165, 1.54) is 24.3 Å². The molecule has 3 N–H and O–H groups in total. The largest absolute Gasteiger partial charge is 0.360 e. The van der Waals surface area contributed by atoms with Gasteiger partial charge in [0, 0.05) is 11.8 Å². The van der Waals surface area contributed by atoms with Crippen LogP contribution in [-0.2, 0) is 9.59 Å². The van der Waals surface area contributed by atoms with E-state index >= 15 is 0 Å². The van der Waals surface area contributed by atoms with Crippen molar-refractivity contribution in [2.45, 2.75) is 6.92 Å². The molecule has 0 aliphatic heterocycles. The number of nitrogens with zero attached hydrogens (tertiary/aromatic N) is 1. The second kappa shape index (κ2) is 7.50. The summed E-state index contributed by atoms with van der Waals surface area (Å²) >= 11 is 0. The minimum atomic E-state index is -0.370. The van der Waals surface area contributed by atoms with Crippen molar-refractivity contribution in [3.63, 3.8) is 0 Å². The summed E-state index contributed by atoms with van der Waals surface area (Å²) in [5.74, 6) is 0.0332. The van der Waals surface area contributed by atoms with Gasteiger partial charge in [-0.1, -0.05) is 5.16 Å². The first kappa shape index (κ1) is 16.6. The second-order valence-corrected chi connectivity index (χ2v) is 5.24. The molecule has 0 saturated carbocycles. The summed E-state index contributed by atoms with van der Waals surface area (Å²) in [5.41, 5.74) is 0.506. The van der Waals surface area contributed by atoms with E-state index in [1.54, 1.807) is 20.0 Å². The maximum Gasteiger partial charge on any atom is 0.280 e. The highest BCUT2D eigenvalue weighted by Crippen LogP contribution is 2.07. The predicted molar refractivity (Wildman–Crippen MR) is 81.5 cm³/mol. The van der Waals surface area contributed by atoms with Crippen LogP contribution in [0.5, 0.6) is 0 Å². The van der Waals surface area contributed by atoms with Crippen molar-refractivity contribution in [3.8, 4) is 0 Å². The van der Waals surface area contributed by atoms with Crippen molar-refractivity contribution in [1.82, 2.24) is 5.16 Å². The number of hydrogen-bond donors (Lipinski definition) is 3. The van der Waals surface area contributed by atoms with Gasteiger partial charge in [-0.15, -0.1) is 0 Å². The molecule has 2 aromatic rings. The molecule has 1 aromatic heterocycles. The van der Waals surface area contributed by atoms with Crippen LogP contribution in [0.25, 0.3) is 0 Å². The molecular formula is C15H18FN4O3+. The van der Waals surface area contributed by atoms with Crippen LogP contribution in [0.2, 0.25) is 0 Å². The lowest BCUT2D eigenvalue weighted by Gasteiger charge is -2.13. The Hall–Kier alpha value is -2.74. The van der Waals surface area contributed by atoms with Gasteiger partial charge in [-0.05, 0) is 31.2 Å². The zero-order valence-corrected chi connectivity index (χ0v) is 12.9. The summed E-state index contributed by atoms with van der Waals surface area (Å²) in [6.45, 7) is 1.92.